The average Bonchev–Trinajstić information content (AvgIpc) is 2.82. The van der Waals surface area contributed by atoms with Gasteiger partial charge in [0.05, 0.1) is 17.3 Å². The van der Waals surface area contributed by atoms with Gasteiger partial charge < -0.3 is 24.1 Å². The molecule has 0 fully saturated rings. The molecule has 0 saturated carbocycles. The lowest BCUT2D eigenvalue weighted by atomic mass is 10.1. The van der Waals surface area contributed by atoms with Gasteiger partial charge in [-0.15, -0.1) is 0 Å². The number of nitrogens with one attached hydrogen (secondary N) is 1. The molecular formula is C26H26N2O5. The Morgan fingerprint density at radius 3 is 2.64 bits per heavy atom. The standard InChI is InChI=1S/C26H26N2O5/c1-17-3-5-19(6-4-17)15-32-21-7-8-22-24(13-21)33-16-20(26(22)31)14-27-10-12-28-11-9-23(29)25(30)18(28)2/h3-9,11,13,16,27,30H,10,12,14-15H2,1-2H3. The number of rotatable bonds is 8. The summed E-state index contributed by atoms with van der Waals surface area (Å²) in [7, 11) is 0. The van der Waals surface area contributed by atoms with Gasteiger partial charge in [-0.2, -0.15) is 0 Å². The summed E-state index contributed by atoms with van der Waals surface area (Å²) in [6, 6.07) is 14.7. The van der Waals surface area contributed by atoms with Gasteiger partial charge in [-0.25, -0.2) is 0 Å². The van der Waals surface area contributed by atoms with Crippen molar-refractivity contribution >= 4 is 11.0 Å². The first-order valence-electron chi connectivity index (χ1n) is 10.7. The Labute approximate surface area is 190 Å². The highest BCUT2D eigenvalue weighted by Gasteiger charge is 2.09. The SMILES string of the molecule is Cc1ccc(COc2ccc3c(=O)c(CNCCn4ccc(=O)c(O)c4C)coc3c2)cc1. The Kier molecular flexibility index (Phi) is 6.60. The lowest BCUT2D eigenvalue weighted by molar-refractivity contribution is 0.306. The normalized spacial score (nSPS) is 11.1. The number of aryl methyl sites for hydroxylation is 1. The van der Waals surface area contributed by atoms with Crippen molar-refractivity contribution < 1.29 is 14.3 Å². The van der Waals surface area contributed by atoms with Crippen LogP contribution in [0.3, 0.4) is 0 Å². The number of hydrogen-bond donors (Lipinski definition) is 2. The summed E-state index contributed by atoms with van der Waals surface area (Å²) in [5, 5.41) is 13.5. The minimum atomic E-state index is -0.394. The quantitative estimate of drug-likeness (QED) is 0.402. The number of aromatic hydroxyl groups is 1. The van der Waals surface area contributed by atoms with Crippen molar-refractivity contribution in [2.45, 2.75) is 33.5 Å². The highest BCUT2D eigenvalue weighted by Crippen LogP contribution is 2.20. The van der Waals surface area contributed by atoms with Crippen LogP contribution in [0.4, 0.5) is 0 Å². The van der Waals surface area contributed by atoms with Crippen LogP contribution >= 0.6 is 0 Å². The summed E-state index contributed by atoms with van der Waals surface area (Å²) in [5.41, 5.74) is 3.29. The van der Waals surface area contributed by atoms with Gasteiger partial charge in [0.15, 0.2) is 11.2 Å². The van der Waals surface area contributed by atoms with E-state index >= 15 is 0 Å². The number of nitrogens with zero attached hydrogens (tertiary/aromatic N) is 1. The fraction of sp³-hybridized carbons (Fsp3) is 0.231. The molecule has 7 nitrogen and oxygen atoms in total. The van der Waals surface area contributed by atoms with Crippen LogP contribution in [0.15, 0.2) is 75.0 Å². The predicted octanol–water partition coefficient (Wildman–Crippen LogP) is 3.65. The first-order chi connectivity index (χ1) is 15.9. The first-order valence-corrected chi connectivity index (χ1v) is 10.7. The van der Waals surface area contributed by atoms with Crippen LogP contribution in [0.25, 0.3) is 11.0 Å². The largest absolute Gasteiger partial charge is 0.503 e. The van der Waals surface area contributed by atoms with Crippen LogP contribution in [0.1, 0.15) is 22.4 Å². The van der Waals surface area contributed by atoms with Crippen molar-refractivity contribution in [2.75, 3.05) is 6.54 Å². The highest BCUT2D eigenvalue weighted by molar-refractivity contribution is 5.78. The third-order valence-corrected chi connectivity index (χ3v) is 5.60. The van der Waals surface area contributed by atoms with E-state index in [1.807, 2.05) is 31.2 Å². The van der Waals surface area contributed by atoms with Crippen molar-refractivity contribution in [3.05, 3.63) is 104 Å². The maximum absolute atomic E-state index is 12.8. The van der Waals surface area contributed by atoms with Crippen LogP contribution < -0.4 is 20.9 Å². The van der Waals surface area contributed by atoms with Gasteiger partial charge in [0, 0.05) is 43.5 Å². The Balaban J connectivity index is 1.38. The second kappa shape index (κ2) is 9.75. The van der Waals surface area contributed by atoms with Crippen LogP contribution in [0.5, 0.6) is 11.5 Å². The van der Waals surface area contributed by atoms with Crippen LogP contribution in [-0.2, 0) is 19.7 Å². The van der Waals surface area contributed by atoms with Gasteiger partial charge in [-0.1, -0.05) is 29.8 Å². The number of pyridine rings is 1. The van der Waals surface area contributed by atoms with Crippen molar-refractivity contribution in [3.63, 3.8) is 0 Å². The Hall–Kier alpha value is -3.84. The highest BCUT2D eigenvalue weighted by atomic mass is 16.5. The molecule has 0 bridgehead atoms. The molecule has 0 unspecified atom stereocenters. The number of hydrogen-bond acceptors (Lipinski definition) is 6. The van der Waals surface area contributed by atoms with Gasteiger partial charge in [-0.05, 0) is 31.5 Å². The molecular weight excluding hydrogens is 420 g/mol. The fourth-order valence-electron chi connectivity index (χ4n) is 3.54. The first kappa shape index (κ1) is 22.4. The molecule has 0 spiro atoms. The molecule has 2 aromatic carbocycles. The molecule has 0 atom stereocenters. The second-order valence-corrected chi connectivity index (χ2v) is 8.01. The monoisotopic (exact) mass is 446 g/mol. The van der Waals surface area contributed by atoms with E-state index in [1.165, 1.54) is 17.9 Å². The van der Waals surface area contributed by atoms with E-state index in [2.05, 4.69) is 5.32 Å². The Bertz CT molecular complexity index is 1390. The predicted molar refractivity (Wildman–Crippen MR) is 127 cm³/mol. The van der Waals surface area contributed by atoms with E-state index in [0.29, 0.717) is 54.2 Å². The zero-order valence-electron chi connectivity index (χ0n) is 18.6. The van der Waals surface area contributed by atoms with Gasteiger partial charge in [0.25, 0.3) is 0 Å². The molecule has 4 rings (SSSR count). The number of fused-ring (bicyclic) bond motifs is 1. The topological polar surface area (TPSA) is 93.7 Å². The minimum absolute atomic E-state index is 0.0916. The molecule has 170 valence electrons. The summed E-state index contributed by atoms with van der Waals surface area (Å²) >= 11 is 0. The van der Waals surface area contributed by atoms with E-state index in [1.54, 1.807) is 35.9 Å². The molecule has 0 saturated heterocycles. The Morgan fingerprint density at radius 2 is 1.85 bits per heavy atom. The van der Waals surface area contributed by atoms with E-state index < -0.39 is 5.43 Å². The molecule has 0 aliphatic rings. The molecule has 0 radical (unpaired) electrons. The third-order valence-electron chi connectivity index (χ3n) is 5.60. The lowest BCUT2D eigenvalue weighted by Gasteiger charge is -2.12. The van der Waals surface area contributed by atoms with E-state index in [-0.39, 0.29) is 11.2 Å². The molecule has 0 aliphatic carbocycles. The smallest absolute Gasteiger partial charge is 0.223 e. The van der Waals surface area contributed by atoms with E-state index in [9.17, 15) is 14.7 Å². The van der Waals surface area contributed by atoms with Crippen molar-refractivity contribution in [1.82, 2.24) is 9.88 Å². The van der Waals surface area contributed by atoms with Crippen molar-refractivity contribution in [2.24, 2.45) is 0 Å². The summed E-state index contributed by atoms with van der Waals surface area (Å²) in [4.78, 5) is 24.3. The van der Waals surface area contributed by atoms with Crippen LogP contribution in [-0.4, -0.2) is 16.2 Å². The third kappa shape index (κ3) is 5.15. The van der Waals surface area contributed by atoms with Crippen molar-refractivity contribution in [3.8, 4) is 11.5 Å². The van der Waals surface area contributed by atoms with Crippen molar-refractivity contribution in [1.29, 1.82) is 0 Å². The zero-order chi connectivity index (χ0) is 23.4. The summed E-state index contributed by atoms with van der Waals surface area (Å²) < 4.78 is 13.3. The minimum Gasteiger partial charge on any atom is -0.503 e. The molecule has 2 N–H and O–H groups in total. The van der Waals surface area contributed by atoms with Gasteiger partial charge in [-0.3, -0.25) is 9.59 Å². The average molecular weight is 447 g/mol. The fourth-order valence-corrected chi connectivity index (χ4v) is 3.54. The second-order valence-electron chi connectivity index (χ2n) is 8.01. The van der Waals surface area contributed by atoms with Crippen LogP contribution in [0.2, 0.25) is 0 Å². The van der Waals surface area contributed by atoms with E-state index in [0.717, 1.165) is 5.56 Å². The summed E-state index contributed by atoms with van der Waals surface area (Å²) in [6.07, 6.45) is 3.11. The zero-order valence-corrected chi connectivity index (χ0v) is 18.6. The molecule has 7 heteroatoms. The molecule has 2 heterocycles. The molecule has 2 aromatic heterocycles. The Morgan fingerprint density at radius 1 is 1.06 bits per heavy atom. The van der Waals surface area contributed by atoms with Gasteiger partial charge >= 0.3 is 0 Å². The molecule has 33 heavy (non-hydrogen) atoms. The van der Waals surface area contributed by atoms with Gasteiger partial charge in [0.1, 0.15) is 17.9 Å². The molecule has 0 amide bonds. The van der Waals surface area contributed by atoms with E-state index in [4.69, 9.17) is 9.15 Å². The number of aromatic nitrogens is 1. The molecule has 4 aromatic rings. The molecule has 0 aliphatic heterocycles. The summed E-state index contributed by atoms with van der Waals surface area (Å²) in [5.74, 6) is 0.395. The lowest BCUT2D eigenvalue weighted by Crippen LogP contribution is -2.24. The summed E-state index contributed by atoms with van der Waals surface area (Å²) in [6.45, 7) is 5.60. The number of ether oxygens (including phenoxy) is 1. The van der Waals surface area contributed by atoms with Gasteiger partial charge in [0.2, 0.25) is 5.43 Å². The van der Waals surface area contributed by atoms with Crippen LogP contribution in [0, 0.1) is 13.8 Å². The maximum atomic E-state index is 12.8. The number of benzene rings is 2. The maximum Gasteiger partial charge on any atom is 0.223 e.